The molecular formula is C15H25NO3. The SMILES string of the molecule is CCCC1CCCN(C(=O)C2(C(=O)OC)CC2)CC1. The minimum atomic E-state index is -0.820. The van der Waals surface area contributed by atoms with Crippen LogP contribution in [0.1, 0.15) is 51.9 Å². The van der Waals surface area contributed by atoms with Gasteiger partial charge in [0.1, 0.15) is 5.41 Å². The normalized spacial score (nSPS) is 25.6. The van der Waals surface area contributed by atoms with Crippen molar-refractivity contribution in [3.8, 4) is 0 Å². The molecule has 1 amide bonds. The zero-order valence-corrected chi connectivity index (χ0v) is 12.1. The summed E-state index contributed by atoms with van der Waals surface area (Å²) in [5.74, 6) is 0.416. The minimum Gasteiger partial charge on any atom is -0.468 e. The first-order valence-corrected chi connectivity index (χ1v) is 7.52. The molecule has 4 heteroatoms. The fourth-order valence-corrected chi connectivity index (χ4v) is 3.19. The summed E-state index contributed by atoms with van der Waals surface area (Å²) >= 11 is 0. The molecule has 0 N–H and O–H groups in total. The highest BCUT2D eigenvalue weighted by atomic mass is 16.5. The van der Waals surface area contributed by atoms with Crippen molar-refractivity contribution in [1.82, 2.24) is 4.90 Å². The maximum Gasteiger partial charge on any atom is 0.321 e. The smallest absolute Gasteiger partial charge is 0.321 e. The summed E-state index contributed by atoms with van der Waals surface area (Å²) in [7, 11) is 1.37. The first-order chi connectivity index (χ1) is 9.14. The van der Waals surface area contributed by atoms with Crippen LogP contribution in [0.3, 0.4) is 0 Å². The van der Waals surface area contributed by atoms with Gasteiger partial charge in [0.05, 0.1) is 7.11 Å². The lowest BCUT2D eigenvalue weighted by Gasteiger charge is -2.24. The van der Waals surface area contributed by atoms with Crippen LogP contribution in [0.2, 0.25) is 0 Å². The molecule has 0 aromatic carbocycles. The zero-order chi connectivity index (χ0) is 13.9. The van der Waals surface area contributed by atoms with Gasteiger partial charge in [-0.15, -0.1) is 0 Å². The largest absolute Gasteiger partial charge is 0.468 e. The summed E-state index contributed by atoms with van der Waals surface area (Å²) < 4.78 is 4.79. The van der Waals surface area contributed by atoms with E-state index in [0.717, 1.165) is 31.8 Å². The van der Waals surface area contributed by atoms with Crippen LogP contribution >= 0.6 is 0 Å². The van der Waals surface area contributed by atoms with Crippen molar-refractivity contribution in [1.29, 1.82) is 0 Å². The molecule has 19 heavy (non-hydrogen) atoms. The first-order valence-electron chi connectivity index (χ1n) is 7.52. The second-order valence-corrected chi connectivity index (χ2v) is 5.95. The van der Waals surface area contributed by atoms with Crippen molar-refractivity contribution >= 4 is 11.9 Å². The van der Waals surface area contributed by atoms with Crippen molar-refractivity contribution in [2.45, 2.75) is 51.9 Å². The van der Waals surface area contributed by atoms with Crippen LogP contribution in [0.4, 0.5) is 0 Å². The van der Waals surface area contributed by atoms with Crippen LogP contribution in [-0.4, -0.2) is 37.0 Å². The first kappa shape index (κ1) is 14.4. The van der Waals surface area contributed by atoms with E-state index in [1.54, 1.807) is 0 Å². The molecule has 1 saturated heterocycles. The zero-order valence-electron chi connectivity index (χ0n) is 12.1. The van der Waals surface area contributed by atoms with Gasteiger partial charge in [-0.3, -0.25) is 9.59 Å². The summed E-state index contributed by atoms with van der Waals surface area (Å²) in [6.45, 7) is 3.82. The summed E-state index contributed by atoms with van der Waals surface area (Å²) in [5.41, 5.74) is -0.820. The van der Waals surface area contributed by atoms with Gasteiger partial charge < -0.3 is 9.64 Å². The van der Waals surface area contributed by atoms with Crippen LogP contribution in [0, 0.1) is 11.3 Å². The summed E-state index contributed by atoms with van der Waals surface area (Å²) in [6.07, 6.45) is 7.14. The maximum atomic E-state index is 12.5. The molecule has 2 rings (SSSR count). The third-order valence-corrected chi connectivity index (χ3v) is 4.57. The molecule has 1 aliphatic heterocycles. The Balaban J connectivity index is 1.95. The van der Waals surface area contributed by atoms with E-state index < -0.39 is 5.41 Å². The van der Waals surface area contributed by atoms with Gasteiger partial charge in [-0.1, -0.05) is 19.8 Å². The predicted octanol–water partition coefficient (Wildman–Crippen LogP) is 2.37. The van der Waals surface area contributed by atoms with E-state index in [2.05, 4.69) is 6.92 Å². The molecule has 1 saturated carbocycles. The highest BCUT2D eigenvalue weighted by Gasteiger charge is 2.59. The number of likely N-dealkylation sites (tertiary alicyclic amines) is 1. The number of carbonyl (C=O) groups is 2. The number of ether oxygens (including phenoxy) is 1. The maximum absolute atomic E-state index is 12.5. The number of hydrogen-bond donors (Lipinski definition) is 0. The molecule has 0 spiro atoms. The Kier molecular flexibility index (Phi) is 4.48. The molecule has 1 unspecified atom stereocenters. The number of nitrogens with zero attached hydrogens (tertiary/aromatic N) is 1. The van der Waals surface area contributed by atoms with Gasteiger partial charge in [0.25, 0.3) is 0 Å². The Morgan fingerprint density at radius 3 is 2.58 bits per heavy atom. The van der Waals surface area contributed by atoms with Crippen molar-refractivity contribution in [2.24, 2.45) is 11.3 Å². The van der Waals surface area contributed by atoms with Crippen LogP contribution in [0.15, 0.2) is 0 Å². The lowest BCUT2D eigenvalue weighted by molar-refractivity contribution is -0.156. The average molecular weight is 267 g/mol. The van der Waals surface area contributed by atoms with Crippen molar-refractivity contribution in [3.63, 3.8) is 0 Å². The van der Waals surface area contributed by atoms with E-state index in [4.69, 9.17) is 4.74 Å². The predicted molar refractivity (Wildman–Crippen MR) is 72.5 cm³/mol. The van der Waals surface area contributed by atoms with Crippen molar-refractivity contribution in [2.75, 3.05) is 20.2 Å². The van der Waals surface area contributed by atoms with E-state index in [1.165, 1.54) is 26.4 Å². The lowest BCUT2D eigenvalue weighted by Crippen LogP contribution is -2.41. The minimum absolute atomic E-state index is 0.0106. The van der Waals surface area contributed by atoms with Crippen LogP contribution < -0.4 is 0 Å². The van der Waals surface area contributed by atoms with Gasteiger partial charge in [0.2, 0.25) is 5.91 Å². The van der Waals surface area contributed by atoms with E-state index in [9.17, 15) is 9.59 Å². The molecule has 0 aromatic heterocycles. The molecule has 4 nitrogen and oxygen atoms in total. The number of methoxy groups -OCH3 is 1. The molecule has 1 aliphatic carbocycles. The highest BCUT2D eigenvalue weighted by molar-refractivity contribution is 6.05. The third-order valence-electron chi connectivity index (χ3n) is 4.57. The molecule has 2 fully saturated rings. The number of carbonyl (C=O) groups excluding carboxylic acids is 2. The number of esters is 1. The highest BCUT2D eigenvalue weighted by Crippen LogP contribution is 2.48. The van der Waals surface area contributed by atoms with Gasteiger partial charge in [-0.25, -0.2) is 0 Å². The molecule has 0 aromatic rings. The molecule has 2 aliphatic rings. The van der Waals surface area contributed by atoms with Gasteiger partial charge in [-0.2, -0.15) is 0 Å². The average Bonchev–Trinajstić information content (AvgIpc) is 3.22. The van der Waals surface area contributed by atoms with E-state index in [0.29, 0.717) is 12.8 Å². The van der Waals surface area contributed by atoms with Crippen LogP contribution in [-0.2, 0) is 14.3 Å². The Bertz CT molecular complexity index is 349. The Hall–Kier alpha value is -1.06. The molecule has 0 radical (unpaired) electrons. The number of hydrogen-bond acceptors (Lipinski definition) is 3. The standard InChI is InChI=1S/C15H25NO3/c1-3-5-12-6-4-10-16(11-7-12)13(17)15(8-9-15)14(18)19-2/h12H,3-11H2,1-2H3. The van der Waals surface area contributed by atoms with Crippen molar-refractivity contribution < 1.29 is 14.3 Å². The number of amides is 1. The quantitative estimate of drug-likeness (QED) is 0.580. The van der Waals surface area contributed by atoms with Crippen LogP contribution in [0.5, 0.6) is 0 Å². The third kappa shape index (κ3) is 2.93. The van der Waals surface area contributed by atoms with Gasteiger partial charge in [0.15, 0.2) is 0 Å². The molecular weight excluding hydrogens is 242 g/mol. The fourth-order valence-electron chi connectivity index (χ4n) is 3.19. The Morgan fingerprint density at radius 2 is 2.00 bits per heavy atom. The van der Waals surface area contributed by atoms with E-state index in [-0.39, 0.29) is 11.9 Å². The second-order valence-electron chi connectivity index (χ2n) is 5.95. The van der Waals surface area contributed by atoms with Gasteiger partial charge in [0, 0.05) is 13.1 Å². The summed E-state index contributed by atoms with van der Waals surface area (Å²) in [5, 5.41) is 0. The summed E-state index contributed by atoms with van der Waals surface area (Å²) in [4.78, 5) is 26.2. The van der Waals surface area contributed by atoms with E-state index >= 15 is 0 Å². The molecule has 1 atom stereocenters. The Morgan fingerprint density at radius 1 is 1.26 bits per heavy atom. The summed E-state index contributed by atoms with van der Waals surface area (Å²) in [6, 6.07) is 0. The molecule has 1 heterocycles. The molecule has 108 valence electrons. The van der Waals surface area contributed by atoms with E-state index in [1.807, 2.05) is 4.90 Å². The number of rotatable bonds is 4. The van der Waals surface area contributed by atoms with Gasteiger partial charge >= 0.3 is 5.97 Å². The molecule has 0 bridgehead atoms. The Labute approximate surface area is 115 Å². The van der Waals surface area contributed by atoms with Crippen molar-refractivity contribution in [3.05, 3.63) is 0 Å². The van der Waals surface area contributed by atoms with Crippen LogP contribution in [0.25, 0.3) is 0 Å². The fraction of sp³-hybridized carbons (Fsp3) is 0.867. The lowest BCUT2D eigenvalue weighted by atomic mass is 9.96. The van der Waals surface area contributed by atoms with Gasteiger partial charge in [-0.05, 0) is 38.0 Å². The topological polar surface area (TPSA) is 46.6 Å². The second kappa shape index (κ2) is 5.93. The monoisotopic (exact) mass is 267 g/mol.